The number of rotatable bonds is 6. The fourth-order valence-electron chi connectivity index (χ4n) is 4.73. The van der Waals surface area contributed by atoms with Crippen molar-refractivity contribution in [3.63, 3.8) is 0 Å². The van der Waals surface area contributed by atoms with Gasteiger partial charge in [0.1, 0.15) is 6.54 Å². The Bertz CT molecular complexity index is 1090. The SMILES string of the molecule is CCOC(=O)c1c(C)n(Cc2ccccc2)c2cc(Br)c([O-])c(C[NH+]3CCCCC3)c12. The minimum absolute atomic E-state index is 0.0204. The highest BCUT2D eigenvalue weighted by molar-refractivity contribution is 9.10. The Morgan fingerprint density at radius 1 is 1.19 bits per heavy atom. The molecule has 1 aromatic heterocycles. The summed E-state index contributed by atoms with van der Waals surface area (Å²) in [5.41, 5.74) is 4.14. The molecule has 3 aromatic rings. The van der Waals surface area contributed by atoms with E-state index in [0.29, 0.717) is 29.7 Å². The number of hydrogen-bond donors (Lipinski definition) is 1. The molecule has 4 rings (SSSR count). The Kier molecular flexibility index (Phi) is 6.68. The Morgan fingerprint density at radius 2 is 1.90 bits per heavy atom. The summed E-state index contributed by atoms with van der Waals surface area (Å²) in [6, 6.07) is 12.0. The van der Waals surface area contributed by atoms with Gasteiger partial charge in [-0.15, -0.1) is 0 Å². The average Bonchev–Trinajstić information content (AvgIpc) is 3.04. The van der Waals surface area contributed by atoms with E-state index in [-0.39, 0.29) is 11.7 Å². The van der Waals surface area contributed by atoms with Crippen LogP contribution >= 0.6 is 15.9 Å². The van der Waals surface area contributed by atoms with E-state index >= 15 is 0 Å². The maximum atomic E-state index is 13.2. The van der Waals surface area contributed by atoms with Gasteiger partial charge in [0.15, 0.2) is 0 Å². The Labute approximate surface area is 191 Å². The second-order valence-corrected chi connectivity index (χ2v) is 9.15. The van der Waals surface area contributed by atoms with Gasteiger partial charge in [-0.2, -0.15) is 0 Å². The molecule has 6 heteroatoms. The number of nitrogens with zero attached hydrogens (tertiary/aromatic N) is 1. The second-order valence-electron chi connectivity index (χ2n) is 8.30. The van der Waals surface area contributed by atoms with Crippen LogP contribution in [0.3, 0.4) is 0 Å². The standard InChI is InChI=1S/C25H29BrN2O3/c1-3-31-25(30)22-17(2)28(15-18-10-6-4-7-11-18)21-14-20(26)24(29)19(23(21)22)16-27-12-8-5-9-13-27/h4,6-7,10-11,14,29H,3,5,8-9,12-13,15-16H2,1-2H3. The van der Waals surface area contributed by atoms with Gasteiger partial charge in [0.2, 0.25) is 0 Å². The van der Waals surface area contributed by atoms with Crippen molar-refractivity contribution in [3.05, 3.63) is 63.3 Å². The van der Waals surface area contributed by atoms with Gasteiger partial charge in [-0.3, -0.25) is 0 Å². The Hall–Kier alpha value is -2.31. The lowest BCUT2D eigenvalue weighted by molar-refractivity contribution is -0.918. The summed E-state index contributed by atoms with van der Waals surface area (Å²) in [4.78, 5) is 14.4. The molecule has 5 nitrogen and oxygen atoms in total. The maximum Gasteiger partial charge on any atom is 0.340 e. The molecule has 0 saturated carbocycles. The lowest BCUT2D eigenvalue weighted by Gasteiger charge is -2.27. The van der Waals surface area contributed by atoms with Crippen LogP contribution in [0.15, 0.2) is 40.9 Å². The van der Waals surface area contributed by atoms with Gasteiger partial charge in [0.25, 0.3) is 0 Å². The first-order valence-corrected chi connectivity index (χ1v) is 11.9. The topological polar surface area (TPSA) is 58.7 Å². The average molecular weight is 485 g/mol. The third-order valence-electron chi connectivity index (χ3n) is 6.27. The molecule has 1 aliphatic heterocycles. The minimum Gasteiger partial charge on any atom is -0.871 e. The molecule has 1 aliphatic rings. The zero-order valence-corrected chi connectivity index (χ0v) is 19.8. The third kappa shape index (κ3) is 4.37. The number of piperidine rings is 1. The molecule has 1 saturated heterocycles. The van der Waals surface area contributed by atoms with Crippen LogP contribution in [0.4, 0.5) is 0 Å². The van der Waals surface area contributed by atoms with Crippen LogP contribution < -0.4 is 10.0 Å². The number of benzene rings is 2. The molecule has 0 spiro atoms. The van der Waals surface area contributed by atoms with E-state index in [4.69, 9.17) is 4.74 Å². The molecule has 0 unspecified atom stereocenters. The van der Waals surface area contributed by atoms with Crippen LogP contribution in [0, 0.1) is 6.92 Å². The fourth-order valence-corrected chi connectivity index (χ4v) is 5.18. The summed E-state index contributed by atoms with van der Waals surface area (Å²) >= 11 is 3.50. The number of aromatic nitrogens is 1. The van der Waals surface area contributed by atoms with Crippen LogP contribution in [-0.2, 0) is 17.8 Å². The largest absolute Gasteiger partial charge is 0.871 e. The summed E-state index contributed by atoms with van der Waals surface area (Å²) in [6.07, 6.45) is 3.61. The van der Waals surface area contributed by atoms with Gasteiger partial charge in [0.05, 0.1) is 30.8 Å². The number of halogens is 1. The highest BCUT2D eigenvalue weighted by Crippen LogP contribution is 2.38. The molecule has 2 heterocycles. The van der Waals surface area contributed by atoms with Gasteiger partial charge < -0.3 is 19.3 Å². The van der Waals surface area contributed by atoms with Gasteiger partial charge >= 0.3 is 5.97 Å². The molecule has 0 amide bonds. The number of esters is 1. The monoisotopic (exact) mass is 484 g/mol. The lowest BCUT2D eigenvalue weighted by Crippen LogP contribution is -3.11. The molecule has 0 aliphatic carbocycles. The Morgan fingerprint density at radius 3 is 2.58 bits per heavy atom. The van der Waals surface area contributed by atoms with Crippen molar-refractivity contribution in [1.82, 2.24) is 4.57 Å². The van der Waals surface area contributed by atoms with Gasteiger partial charge in [0, 0.05) is 27.7 Å². The first-order valence-electron chi connectivity index (χ1n) is 11.1. The number of fused-ring (bicyclic) bond motifs is 1. The molecule has 1 fully saturated rings. The highest BCUT2D eigenvalue weighted by Gasteiger charge is 2.26. The highest BCUT2D eigenvalue weighted by atomic mass is 79.9. The number of carbonyl (C=O) groups is 1. The Balaban J connectivity index is 1.92. The van der Waals surface area contributed by atoms with Crippen LogP contribution in [-0.4, -0.2) is 30.2 Å². The summed E-state index contributed by atoms with van der Waals surface area (Å²) in [7, 11) is 0. The van der Waals surface area contributed by atoms with Crippen molar-refractivity contribution < 1.29 is 19.5 Å². The molecule has 2 aromatic carbocycles. The second kappa shape index (κ2) is 9.45. The van der Waals surface area contributed by atoms with Gasteiger partial charge in [-0.1, -0.05) is 52.0 Å². The van der Waals surface area contributed by atoms with Crippen LogP contribution in [0.25, 0.3) is 10.9 Å². The van der Waals surface area contributed by atoms with Crippen LogP contribution in [0.1, 0.15) is 53.4 Å². The first-order chi connectivity index (χ1) is 15.0. The van der Waals surface area contributed by atoms with E-state index in [1.165, 1.54) is 24.2 Å². The van der Waals surface area contributed by atoms with Crippen molar-refractivity contribution in [1.29, 1.82) is 0 Å². The fraction of sp³-hybridized carbons (Fsp3) is 0.400. The van der Waals surface area contributed by atoms with Crippen molar-refractivity contribution in [2.45, 2.75) is 46.2 Å². The predicted octanol–water partition coefficient (Wildman–Crippen LogP) is 3.58. The molecular weight excluding hydrogens is 456 g/mol. The quantitative estimate of drug-likeness (QED) is 0.544. The lowest BCUT2D eigenvalue weighted by atomic mass is 10.0. The number of nitrogens with one attached hydrogen (secondary N) is 1. The molecular formula is C25H29BrN2O3. The van der Waals surface area contributed by atoms with E-state index in [1.807, 2.05) is 38.1 Å². The zero-order valence-electron chi connectivity index (χ0n) is 18.2. The predicted molar refractivity (Wildman–Crippen MR) is 124 cm³/mol. The molecule has 164 valence electrons. The number of hydrogen-bond acceptors (Lipinski definition) is 3. The van der Waals surface area contributed by atoms with Gasteiger partial charge in [-0.05, 0) is 44.7 Å². The molecule has 31 heavy (non-hydrogen) atoms. The van der Waals surface area contributed by atoms with Crippen molar-refractivity contribution in [2.75, 3.05) is 19.7 Å². The smallest absolute Gasteiger partial charge is 0.340 e. The van der Waals surface area contributed by atoms with E-state index in [2.05, 4.69) is 32.6 Å². The van der Waals surface area contributed by atoms with Crippen molar-refractivity contribution in [2.24, 2.45) is 0 Å². The van der Waals surface area contributed by atoms with Crippen molar-refractivity contribution >= 4 is 32.8 Å². The minimum atomic E-state index is -0.353. The molecule has 0 radical (unpaired) electrons. The summed E-state index contributed by atoms with van der Waals surface area (Å²) in [5, 5.41) is 14.0. The summed E-state index contributed by atoms with van der Waals surface area (Å²) < 4.78 is 8.11. The summed E-state index contributed by atoms with van der Waals surface area (Å²) in [5.74, 6) is -0.374. The number of ether oxygens (including phenoxy) is 1. The van der Waals surface area contributed by atoms with Gasteiger partial charge in [-0.25, -0.2) is 4.79 Å². The van der Waals surface area contributed by atoms with E-state index < -0.39 is 0 Å². The zero-order chi connectivity index (χ0) is 22.0. The van der Waals surface area contributed by atoms with Crippen LogP contribution in [0.5, 0.6) is 5.75 Å². The normalized spacial score (nSPS) is 14.8. The van der Waals surface area contributed by atoms with E-state index in [1.54, 1.807) is 0 Å². The number of likely N-dealkylation sites (tertiary alicyclic amines) is 1. The molecule has 0 atom stereocenters. The van der Waals surface area contributed by atoms with E-state index in [9.17, 15) is 9.90 Å². The van der Waals surface area contributed by atoms with Crippen molar-refractivity contribution in [3.8, 4) is 5.75 Å². The first kappa shape index (κ1) is 21.9. The molecule has 1 N–H and O–H groups in total. The number of carbonyl (C=O) groups excluding carboxylic acids is 1. The maximum absolute atomic E-state index is 13.2. The van der Waals surface area contributed by atoms with E-state index in [0.717, 1.165) is 40.8 Å². The summed E-state index contributed by atoms with van der Waals surface area (Å²) in [6.45, 7) is 7.45. The number of quaternary nitrogens is 1. The van der Waals surface area contributed by atoms with Crippen LogP contribution in [0.2, 0.25) is 0 Å². The molecule has 0 bridgehead atoms. The third-order valence-corrected chi connectivity index (χ3v) is 6.86.